The first-order valence-corrected chi connectivity index (χ1v) is 8.18. The molecule has 0 fully saturated rings. The van der Waals surface area contributed by atoms with Crippen molar-refractivity contribution < 1.29 is 38.9 Å². The van der Waals surface area contributed by atoms with E-state index in [0.29, 0.717) is 12.8 Å². The van der Waals surface area contributed by atoms with Crippen LogP contribution in [0.15, 0.2) is 12.1 Å². The maximum atomic E-state index is 12.4. The van der Waals surface area contributed by atoms with E-state index in [1.54, 1.807) is 27.7 Å². The summed E-state index contributed by atoms with van der Waals surface area (Å²) in [6.45, 7) is 6.84. The number of esters is 2. The van der Waals surface area contributed by atoms with Gasteiger partial charge in [0.05, 0.1) is 34.5 Å². The molecule has 0 aliphatic heterocycles. The van der Waals surface area contributed by atoms with E-state index in [1.165, 1.54) is 0 Å². The summed E-state index contributed by atoms with van der Waals surface area (Å²) in [5, 5.41) is 18.5. The normalized spacial score (nSPS) is 12.8. The van der Waals surface area contributed by atoms with Crippen molar-refractivity contribution in [3.05, 3.63) is 34.4 Å². The van der Waals surface area contributed by atoms with Crippen LogP contribution in [0.3, 0.4) is 0 Å². The van der Waals surface area contributed by atoms with Crippen LogP contribution < -0.4 is 0 Å². The highest BCUT2D eigenvalue weighted by Gasteiger charge is 2.28. The first-order chi connectivity index (χ1) is 12.1. The molecule has 2 unspecified atom stereocenters. The number of carbonyl (C=O) groups excluding carboxylic acids is 2. The monoisotopic (exact) mass is 366 g/mol. The molecule has 1 rings (SSSR count). The van der Waals surface area contributed by atoms with Gasteiger partial charge in [-0.3, -0.25) is 0 Å². The van der Waals surface area contributed by atoms with Gasteiger partial charge in [0, 0.05) is 0 Å². The number of carbonyl (C=O) groups is 4. The van der Waals surface area contributed by atoms with Crippen molar-refractivity contribution in [1.82, 2.24) is 0 Å². The minimum Gasteiger partial charge on any atom is -0.478 e. The Morgan fingerprint density at radius 1 is 0.769 bits per heavy atom. The molecule has 0 saturated carbocycles. The van der Waals surface area contributed by atoms with Crippen molar-refractivity contribution in [1.29, 1.82) is 0 Å². The molecule has 1 aromatic rings. The summed E-state index contributed by atoms with van der Waals surface area (Å²) in [6.07, 6.45) is 0.0936. The standard InChI is InChI=1S/C18H22O8/c1-5-9(3)25-17(23)13-7-11(15(19)20)12(16(21)22)8-14(13)18(24)26-10(4)6-2/h7-10H,5-6H2,1-4H3,(H,19,20)(H,21,22). The molecule has 2 atom stereocenters. The molecule has 8 heteroatoms. The number of rotatable bonds is 8. The largest absolute Gasteiger partial charge is 0.478 e. The van der Waals surface area contributed by atoms with Gasteiger partial charge in [0.2, 0.25) is 0 Å². The van der Waals surface area contributed by atoms with Crippen molar-refractivity contribution in [3.8, 4) is 0 Å². The number of ether oxygens (including phenoxy) is 2. The molecule has 8 nitrogen and oxygen atoms in total. The molecule has 142 valence electrons. The van der Waals surface area contributed by atoms with E-state index in [2.05, 4.69) is 0 Å². The Bertz CT molecular complexity index is 661. The van der Waals surface area contributed by atoms with Crippen molar-refractivity contribution in [2.45, 2.75) is 52.7 Å². The lowest BCUT2D eigenvalue weighted by Gasteiger charge is -2.16. The third kappa shape index (κ3) is 5.05. The minimum atomic E-state index is -1.54. The number of carboxylic acid groups (broad SMARTS) is 2. The summed E-state index contributed by atoms with van der Waals surface area (Å²) < 4.78 is 10.3. The van der Waals surface area contributed by atoms with Crippen LogP contribution in [0.5, 0.6) is 0 Å². The van der Waals surface area contributed by atoms with E-state index >= 15 is 0 Å². The van der Waals surface area contributed by atoms with Crippen LogP contribution in [-0.4, -0.2) is 46.3 Å². The second kappa shape index (κ2) is 8.98. The van der Waals surface area contributed by atoms with Gasteiger partial charge in [-0.1, -0.05) is 13.8 Å². The van der Waals surface area contributed by atoms with E-state index in [9.17, 15) is 29.4 Å². The summed E-state index contributed by atoms with van der Waals surface area (Å²) in [7, 11) is 0. The Hall–Kier alpha value is -2.90. The van der Waals surface area contributed by atoms with Crippen LogP contribution in [0.25, 0.3) is 0 Å². The summed E-state index contributed by atoms with van der Waals surface area (Å²) >= 11 is 0. The number of aromatic carboxylic acids is 2. The molecule has 0 aliphatic carbocycles. The van der Waals surface area contributed by atoms with Gasteiger partial charge >= 0.3 is 23.9 Å². The van der Waals surface area contributed by atoms with Crippen molar-refractivity contribution >= 4 is 23.9 Å². The van der Waals surface area contributed by atoms with E-state index in [0.717, 1.165) is 12.1 Å². The van der Waals surface area contributed by atoms with Crippen LogP contribution in [0.1, 0.15) is 82.0 Å². The lowest BCUT2D eigenvalue weighted by atomic mass is 9.98. The highest BCUT2D eigenvalue weighted by atomic mass is 16.5. The molecule has 26 heavy (non-hydrogen) atoms. The lowest BCUT2D eigenvalue weighted by Crippen LogP contribution is -2.22. The van der Waals surface area contributed by atoms with Crippen LogP contribution in [0.4, 0.5) is 0 Å². The van der Waals surface area contributed by atoms with E-state index < -0.39 is 47.2 Å². The van der Waals surface area contributed by atoms with Gasteiger partial charge in [-0.2, -0.15) is 0 Å². The van der Waals surface area contributed by atoms with Gasteiger partial charge < -0.3 is 19.7 Å². The van der Waals surface area contributed by atoms with E-state index in [4.69, 9.17) is 9.47 Å². The molecule has 0 amide bonds. The van der Waals surface area contributed by atoms with Crippen LogP contribution >= 0.6 is 0 Å². The Morgan fingerprint density at radius 2 is 1.08 bits per heavy atom. The average molecular weight is 366 g/mol. The zero-order valence-electron chi connectivity index (χ0n) is 15.1. The minimum absolute atomic E-state index is 0.346. The molecular weight excluding hydrogens is 344 g/mol. The van der Waals surface area contributed by atoms with E-state index in [-0.39, 0.29) is 11.1 Å². The number of hydrogen-bond acceptors (Lipinski definition) is 6. The Balaban J connectivity index is 3.53. The van der Waals surface area contributed by atoms with Gasteiger partial charge in [-0.05, 0) is 38.8 Å². The molecular formula is C18H22O8. The zero-order valence-corrected chi connectivity index (χ0v) is 15.1. The fourth-order valence-corrected chi connectivity index (χ4v) is 1.95. The number of hydrogen-bond donors (Lipinski definition) is 2. The summed E-state index contributed by atoms with van der Waals surface area (Å²) in [5.41, 5.74) is -1.93. The average Bonchev–Trinajstić information content (AvgIpc) is 2.59. The van der Waals surface area contributed by atoms with Gasteiger partial charge in [-0.25, -0.2) is 19.2 Å². The molecule has 0 radical (unpaired) electrons. The third-order valence-electron chi connectivity index (χ3n) is 3.82. The van der Waals surface area contributed by atoms with Crippen molar-refractivity contribution in [3.63, 3.8) is 0 Å². The lowest BCUT2D eigenvalue weighted by molar-refractivity contribution is 0.0284. The van der Waals surface area contributed by atoms with Crippen molar-refractivity contribution in [2.75, 3.05) is 0 Å². The Kier molecular flexibility index (Phi) is 7.30. The van der Waals surface area contributed by atoms with Crippen molar-refractivity contribution in [2.24, 2.45) is 0 Å². The predicted octanol–water partition coefficient (Wildman–Crippen LogP) is 2.99. The molecule has 2 N–H and O–H groups in total. The molecule has 0 aromatic heterocycles. The predicted molar refractivity (Wildman–Crippen MR) is 90.7 cm³/mol. The smallest absolute Gasteiger partial charge is 0.339 e. The summed E-state index contributed by atoms with van der Waals surface area (Å²) in [4.78, 5) is 47.5. The number of benzene rings is 1. The fourth-order valence-electron chi connectivity index (χ4n) is 1.95. The van der Waals surface area contributed by atoms with Crippen LogP contribution in [0.2, 0.25) is 0 Å². The Labute approximate surface area is 150 Å². The van der Waals surface area contributed by atoms with Crippen LogP contribution in [0, 0.1) is 0 Å². The third-order valence-corrected chi connectivity index (χ3v) is 3.82. The molecule has 0 saturated heterocycles. The maximum absolute atomic E-state index is 12.4. The highest BCUT2D eigenvalue weighted by Crippen LogP contribution is 2.21. The van der Waals surface area contributed by atoms with Gasteiger partial charge in [0.15, 0.2) is 0 Å². The molecule has 0 heterocycles. The zero-order chi connectivity index (χ0) is 20.0. The first-order valence-electron chi connectivity index (χ1n) is 8.18. The summed E-state index contributed by atoms with van der Waals surface area (Å²) in [6, 6.07) is 1.67. The van der Waals surface area contributed by atoms with E-state index in [1.807, 2.05) is 0 Å². The summed E-state index contributed by atoms with van der Waals surface area (Å²) in [5.74, 6) is -4.92. The van der Waals surface area contributed by atoms with Gasteiger partial charge in [0.1, 0.15) is 0 Å². The Morgan fingerprint density at radius 3 is 1.31 bits per heavy atom. The number of carboxylic acids is 2. The second-order valence-electron chi connectivity index (χ2n) is 5.80. The molecule has 1 aromatic carbocycles. The fraction of sp³-hybridized carbons (Fsp3) is 0.444. The SMILES string of the molecule is CCC(C)OC(=O)c1cc(C(=O)O)c(C(=O)O)cc1C(=O)OC(C)CC. The van der Waals surface area contributed by atoms with Gasteiger partial charge in [-0.15, -0.1) is 0 Å². The topological polar surface area (TPSA) is 127 Å². The second-order valence-corrected chi connectivity index (χ2v) is 5.80. The molecule has 0 aliphatic rings. The maximum Gasteiger partial charge on any atom is 0.339 e. The molecule has 0 bridgehead atoms. The first kappa shape index (κ1) is 21.1. The van der Waals surface area contributed by atoms with Crippen LogP contribution in [-0.2, 0) is 9.47 Å². The van der Waals surface area contributed by atoms with Gasteiger partial charge in [0.25, 0.3) is 0 Å². The highest BCUT2D eigenvalue weighted by molar-refractivity contribution is 6.09. The molecule has 0 spiro atoms. The quantitative estimate of drug-likeness (QED) is 0.672.